The van der Waals surface area contributed by atoms with Gasteiger partial charge in [0.1, 0.15) is 11.3 Å². The van der Waals surface area contributed by atoms with E-state index in [1.165, 1.54) is 5.56 Å². The van der Waals surface area contributed by atoms with Crippen LogP contribution in [-0.2, 0) is 11.0 Å². The van der Waals surface area contributed by atoms with Crippen molar-refractivity contribution >= 4 is 10.9 Å². The third-order valence-corrected chi connectivity index (χ3v) is 3.52. The smallest absolute Gasteiger partial charge is 0.149 e. The Morgan fingerprint density at radius 3 is 2.59 bits per heavy atom. The van der Waals surface area contributed by atoms with E-state index in [1.54, 1.807) is 0 Å². The van der Waals surface area contributed by atoms with Crippen molar-refractivity contribution < 1.29 is 4.52 Å². The fourth-order valence-electron chi connectivity index (χ4n) is 2.22. The Morgan fingerprint density at radius 1 is 1.29 bits per heavy atom. The monoisotopic (exact) mass is 230 g/mol. The summed E-state index contributed by atoms with van der Waals surface area (Å²) in [6, 6.07) is 6.28. The highest BCUT2D eigenvalue weighted by Crippen LogP contribution is 2.43. The molecule has 1 saturated carbocycles. The summed E-state index contributed by atoms with van der Waals surface area (Å²) >= 11 is 0. The topological polar surface area (TPSA) is 52.0 Å². The third kappa shape index (κ3) is 1.65. The summed E-state index contributed by atoms with van der Waals surface area (Å²) in [7, 11) is 0. The predicted molar refractivity (Wildman–Crippen MR) is 67.8 cm³/mol. The Bertz CT molecular complexity index is 573. The van der Waals surface area contributed by atoms with Crippen molar-refractivity contribution in [3.05, 3.63) is 29.5 Å². The molecule has 0 saturated heterocycles. The maximum Gasteiger partial charge on any atom is 0.149 e. The summed E-state index contributed by atoms with van der Waals surface area (Å²) in [4.78, 5) is 0. The summed E-state index contributed by atoms with van der Waals surface area (Å²) < 4.78 is 5.48. The van der Waals surface area contributed by atoms with Crippen LogP contribution in [0.15, 0.2) is 22.7 Å². The minimum absolute atomic E-state index is 0.0176. The molecule has 90 valence electrons. The molecular formula is C14H18N2O. The minimum Gasteiger partial charge on any atom is -0.360 e. The zero-order valence-electron chi connectivity index (χ0n) is 10.6. The highest BCUT2D eigenvalue weighted by atomic mass is 16.5. The number of fused-ring (bicyclic) bond motifs is 1. The van der Waals surface area contributed by atoms with Crippen LogP contribution in [0.1, 0.15) is 44.9 Å². The Labute approximate surface area is 101 Å². The highest BCUT2D eigenvalue weighted by Gasteiger charge is 2.40. The SMILES string of the molecule is CC(C)(C)c1onc2cc(C3(N)CC3)ccc12. The van der Waals surface area contributed by atoms with E-state index >= 15 is 0 Å². The quantitative estimate of drug-likeness (QED) is 0.819. The standard InChI is InChI=1S/C14H18N2O/c1-13(2,3)12-10-5-4-9(14(15)6-7-14)8-11(10)16-17-12/h4-5,8H,6-7,15H2,1-3H3. The molecule has 1 aromatic heterocycles. The van der Waals surface area contributed by atoms with Gasteiger partial charge in [0, 0.05) is 16.3 Å². The molecule has 3 heteroatoms. The third-order valence-electron chi connectivity index (χ3n) is 3.52. The van der Waals surface area contributed by atoms with Crippen LogP contribution in [0.4, 0.5) is 0 Å². The van der Waals surface area contributed by atoms with Gasteiger partial charge in [0.2, 0.25) is 0 Å². The van der Waals surface area contributed by atoms with Crippen molar-refractivity contribution in [2.24, 2.45) is 5.73 Å². The lowest BCUT2D eigenvalue weighted by Crippen LogP contribution is -2.18. The van der Waals surface area contributed by atoms with Crippen molar-refractivity contribution in [3.8, 4) is 0 Å². The molecule has 0 unspecified atom stereocenters. The van der Waals surface area contributed by atoms with E-state index in [2.05, 4.69) is 44.1 Å². The lowest BCUT2D eigenvalue weighted by Gasteiger charge is -2.14. The first kappa shape index (κ1) is 10.8. The Morgan fingerprint density at radius 2 is 2.00 bits per heavy atom. The molecule has 3 nitrogen and oxygen atoms in total. The first-order valence-electron chi connectivity index (χ1n) is 6.09. The first-order chi connectivity index (χ1) is 7.90. The maximum absolute atomic E-state index is 6.19. The van der Waals surface area contributed by atoms with E-state index < -0.39 is 0 Å². The molecule has 0 aliphatic heterocycles. The summed E-state index contributed by atoms with van der Waals surface area (Å²) in [6.07, 6.45) is 2.14. The molecule has 2 N–H and O–H groups in total. The lowest BCUT2D eigenvalue weighted by molar-refractivity contribution is 0.336. The van der Waals surface area contributed by atoms with Crippen molar-refractivity contribution in [2.75, 3.05) is 0 Å². The number of benzene rings is 1. The fourth-order valence-corrected chi connectivity index (χ4v) is 2.22. The van der Waals surface area contributed by atoms with Gasteiger partial charge in [-0.05, 0) is 30.5 Å². The van der Waals surface area contributed by atoms with Gasteiger partial charge >= 0.3 is 0 Å². The van der Waals surface area contributed by atoms with Crippen LogP contribution in [0, 0.1) is 0 Å². The molecule has 2 aromatic rings. The summed E-state index contributed by atoms with van der Waals surface area (Å²) in [5, 5.41) is 5.26. The van der Waals surface area contributed by atoms with Gasteiger partial charge in [-0.3, -0.25) is 0 Å². The molecule has 1 heterocycles. The Balaban J connectivity index is 2.14. The zero-order valence-corrected chi connectivity index (χ0v) is 10.6. The molecule has 1 fully saturated rings. The van der Waals surface area contributed by atoms with E-state index in [1.807, 2.05) is 0 Å². The van der Waals surface area contributed by atoms with Crippen LogP contribution >= 0.6 is 0 Å². The second-order valence-corrected chi connectivity index (χ2v) is 6.15. The number of rotatable bonds is 1. The number of hydrogen-bond acceptors (Lipinski definition) is 3. The average Bonchev–Trinajstić information content (AvgIpc) is 2.85. The van der Waals surface area contributed by atoms with Crippen LogP contribution in [0.3, 0.4) is 0 Å². The Hall–Kier alpha value is -1.35. The van der Waals surface area contributed by atoms with Gasteiger partial charge in [-0.1, -0.05) is 32.0 Å². The van der Waals surface area contributed by atoms with E-state index in [4.69, 9.17) is 10.3 Å². The van der Waals surface area contributed by atoms with Crippen LogP contribution in [0.2, 0.25) is 0 Å². The molecular weight excluding hydrogens is 212 g/mol. The first-order valence-corrected chi connectivity index (χ1v) is 6.09. The second kappa shape index (κ2) is 3.10. The normalized spacial score (nSPS) is 18.6. The maximum atomic E-state index is 6.19. The van der Waals surface area contributed by atoms with Crippen LogP contribution in [0.25, 0.3) is 10.9 Å². The van der Waals surface area contributed by atoms with Crippen molar-refractivity contribution in [2.45, 2.75) is 44.6 Å². The number of nitrogens with two attached hydrogens (primary N) is 1. The predicted octanol–water partition coefficient (Wildman–Crippen LogP) is 3.07. The van der Waals surface area contributed by atoms with Gasteiger partial charge in [0.15, 0.2) is 0 Å². The van der Waals surface area contributed by atoms with Gasteiger partial charge in [-0.25, -0.2) is 0 Å². The van der Waals surface area contributed by atoms with Crippen molar-refractivity contribution in [3.63, 3.8) is 0 Å². The zero-order chi connectivity index (χ0) is 12.3. The number of aromatic nitrogens is 1. The van der Waals surface area contributed by atoms with Gasteiger partial charge < -0.3 is 10.3 Å². The largest absolute Gasteiger partial charge is 0.360 e. The fraction of sp³-hybridized carbons (Fsp3) is 0.500. The van der Waals surface area contributed by atoms with Gasteiger partial charge in [-0.15, -0.1) is 0 Å². The molecule has 0 spiro atoms. The molecule has 3 rings (SSSR count). The van der Waals surface area contributed by atoms with E-state index in [0.29, 0.717) is 0 Å². The Kier molecular flexibility index (Phi) is 1.97. The average molecular weight is 230 g/mol. The molecule has 1 aliphatic carbocycles. The van der Waals surface area contributed by atoms with Crippen LogP contribution in [-0.4, -0.2) is 5.16 Å². The second-order valence-electron chi connectivity index (χ2n) is 6.15. The highest BCUT2D eigenvalue weighted by molar-refractivity contribution is 5.82. The molecule has 0 radical (unpaired) electrons. The lowest BCUT2D eigenvalue weighted by atomic mass is 9.90. The van der Waals surface area contributed by atoms with Gasteiger partial charge in [0.05, 0.1) is 0 Å². The summed E-state index contributed by atoms with van der Waals surface area (Å²) in [6.45, 7) is 6.39. The van der Waals surface area contributed by atoms with Crippen LogP contribution < -0.4 is 5.73 Å². The van der Waals surface area contributed by atoms with Gasteiger partial charge in [0.25, 0.3) is 0 Å². The van der Waals surface area contributed by atoms with Crippen molar-refractivity contribution in [1.29, 1.82) is 0 Å². The molecule has 17 heavy (non-hydrogen) atoms. The molecule has 1 aromatic carbocycles. The minimum atomic E-state index is -0.102. The molecule has 0 atom stereocenters. The molecule has 0 bridgehead atoms. The summed E-state index contributed by atoms with van der Waals surface area (Å²) in [5.74, 6) is 0.945. The van der Waals surface area contributed by atoms with E-state index in [0.717, 1.165) is 29.5 Å². The molecule has 1 aliphatic rings. The van der Waals surface area contributed by atoms with E-state index in [-0.39, 0.29) is 11.0 Å². The molecule has 0 amide bonds. The van der Waals surface area contributed by atoms with Crippen LogP contribution in [0.5, 0.6) is 0 Å². The number of hydrogen-bond donors (Lipinski definition) is 1. The number of nitrogens with zero attached hydrogens (tertiary/aromatic N) is 1. The summed E-state index contributed by atoms with van der Waals surface area (Å²) in [5.41, 5.74) is 8.17. The van der Waals surface area contributed by atoms with Gasteiger partial charge in [-0.2, -0.15) is 0 Å². The van der Waals surface area contributed by atoms with E-state index in [9.17, 15) is 0 Å². The van der Waals surface area contributed by atoms with Crippen molar-refractivity contribution in [1.82, 2.24) is 5.16 Å².